The monoisotopic (exact) mass is 428 g/mol. The summed E-state index contributed by atoms with van der Waals surface area (Å²) in [7, 11) is 0. The highest BCUT2D eigenvalue weighted by Crippen LogP contribution is 2.08. The van der Waals surface area contributed by atoms with E-state index < -0.39 is 35.8 Å². The highest BCUT2D eigenvalue weighted by atomic mass is 32.2. The zero-order valence-electron chi connectivity index (χ0n) is 15.6. The molecule has 0 aliphatic carbocycles. The summed E-state index contributed by atoms with van der Waals surface area (Å²) in [6.45, 7) is 0. The number of carboxylic acid groups (broad SMARTS) is 2. The summed E-state index contributed by atoms with van der Waals surface area (Å²) in [6, 6.07) is 3.61. The number of hydrogen-bond acceptors (Lipinski definition) is 6. The molecule has 0 saturated heterocycles. The van der Waals surface area contributed by atoms with Gasteiger partial charge in [0.1, 0.15) is 12.1 Å². The van der Waals surface area contributed by atoms with E-state index in [9.17, 15) is 29.4 Å². The lowest BCUT2D eigenvalue weighted by Crippen LogP contribution is -2.41. The van der Waals surface area contributed by atoms with Crippen molar-refractivity contribution < 1.29 is 29.4 Å². The number of carbonyl (C=O) groups is 4. The van der Waals surface area contributed by atoms with Crippen LogP contribution >= 0.6 is 23.5 Å². The molecule has 0 heterocycles. The molecule has 10 heteroatoms. The molecule has 0 aromatic heterocycles. The van der Waals surface area contributed by atoms with Crippen molar-refractivity contribution in [1.29, 1.82) is 0 Å². The van der Waals surface area contributed by atoms with Crippen molar-refractivity contribution in [2.24, 2.45) is 0 Å². The van der Waals surface area contributed by atoms with Gasteiger partial charge in [0.2, 0.25) is 0 Å². The molecule has 0 saturated carbocycles. The molecule has 0 fully saturated rings. The first kappa shape index (κ1) is 23.8. The summed E-state index contributed by atoms with van der Waals surface area (Å²) < 4.78 is 0. The Hall–Kier alpha value is -2.20. The van der Waals surface area contributed by atoms with E-state index in [4.69, 9.17) is 0 Å². The third-order valence-corrected chi connectivity index (χ3v) is 5.13. The second kappa shape index (κ2) is 12.3. The average molecular weight is 429 g/mol. The Bertz CT molecular complexity index is 637. The van der Waals surface area contributed by atoms with E-state index in [-0.39, 0.29) is 11.1 Å². The fourth-order valence-corrected chi connectivity index (χ4v) is 3.19. The van der Waals surface area contributed by atoms with Crippen LogP contribution in [0.5, 0.6) is 0 Å². The van der Waals surface area contributed by atoms with Crippen LogP contribution < -0.4 is 10.6 Å². The number of nitrogens with one attached hydrogen (secondary N) is 2. The molecule has 154 valence electrons. The number of rotatable bonds is 12. The topological polar surface area (TPSA) is 133 Å². The number of aliphatic carboxylic acids is 2. The summed E-state index contributed by atoms with van der Waals surface area (Å²) >= 11 is 2.97. The van der Waals surface area contributed by atoms with Gasteiger partial charge in [-0.3, -0.25) is 9.59 Å². The first-order valence-corrected chi connectivity index (χ1v) is 11.2. The number of hydrogen-bond donors (Lipinski definition) is 4. The molecular weight excluding hydrogens is 404 g/mol. The van der Waals surface area contributed by atoms with Crippen LogP contribution in [-0.2, 0) is 9.59 Å². The predicted octanol–water partition coefficient (Wildman–Crippen LogP) is 1.56. The number of benzene rings is 1. The van der Waals surface area contributed by atoms with Crippen LogP contribution in [0.4, 0.5) is 0 Å². The van der Waals surface area contributed by atoms with E-state index >= 15 is 0 Å². The fraction of sp³-hybridized carbons (Fsp3) is 0.444. The molecule has 0 aliphatic heterocycles. The molecule has 2 atom stereocenters. The van der Waals surface area contributed by atoms with E-state index in [0.29, 0.717) is 24.3 Å². The maximum atomic E-state index is 12.2. The van der Waals surface area contributed by atoms with Gasteiger partial charge >= 0.3 is 11.9 Å². The summed E-state index contributed by atoms with van der Waals surface area (Å²) in [5, 5.41) is 23.3. The molecule has 2 unspecified atom stereocenters. The lowest BCUT2D eigenvalue weighted by Gasteiger charge is -2.15. The van der Waals surface area contributed by atoms with Crippen LogP contribution in [0.15, 0.2) is 24.3 Å². The van der Waals surface area contributed by atoms with Gasteiger partial charge in [0, 0.05) is 11.1 Å². The Morgan fingerprint density at radius 3 is 1.36 bits per heavy atom. The molecule has 1 aromatic carbocycles. The summed E-state index contributed by atoms with van der Waals surface area (Å²) in [4.78, 5) is 46.9. The predicted molar refractivity (Wildman–Crippen MR) is 110 cm³/mol. The van der Waals surface area contributed by atoms with Crippen LogP contribution in [0.2, 0.25) is 0 Å². The molecule has 0 radical (unpaired) electrons. The quantitative estimate of drug-likeness (QED) is 0.394. The number of carbonyl (C=O) groups excluding carboxylic acids is 2. The largest absolute Gasteiger partial charge is 0.480 e. The highest BCUT2D eigenvalue weighted by Gasteiger charge is 2.22. The minimum Gasteiger partial charge on any atom is -0.480 e. The van der Waals surface area contributed by atoms with Gasteiger partial charge < -0.3 is 20.8 Å². The average Bonchev–Trinajstić information content (AvgIpc) is 2.67. The molecule has 1 aromatic rings. The van der Waals surface area contributed by atoms with Crippen LogP contribution in [0.3, 0.4) is 0 Å². The van der Waals surface area contributed by atoms with E-state index in [1.165, 1.54) is 47.8 Å². The maximum absolute atomic E-state index is 12.2. The molecule has 28 heavy (non-hydrogen) atoms. The first-order chi connectivity index (χ1) is 13.3. The zero-order chi connectivity index (χ0) is 21.1. The first-order valence-electron chi connectivity index (χ1n) is 8.45. The van der Waals surface area contributed by atoms with Crippen molar-refractivity contribution in [3.63, 3.8) is 0 Å². The highest BCUT2D eigenvalue weighted by molar-refractivity contribution is 7.98. The molecule has 0 spiro atoms. The molecule has 0 aliphatic rings. The van der Waals surface area contributed by atoms with Crippen LogP contribution in [0, 0.1) is 0 Å². The molecule has 4 N–H and O–H groups in total. The Morgan fingerprint density at radius 1 is 0.786 bits per heavy atom. The van der Waals surface area contributed by atoms with Crippen molar-refractivity contribution in [2.75, 3.05) is 24.0 Å². The van der Waals surface area contributed by atoms with Gasteiger partial charge in [0.15, 0.2) is 0 Å². The molecule has 8 nitrogen and oxygen atoms in total. The summed E-state index contributed by atoms with van der Waals surface area (Å²) in [5.74, 6) is -2.13. The lowest BCUT2D eigenvalue weighted by molar-refractivity contribution is -0.140. The summed E-state index contributed by atoms with van der Waals surface area (Å²) in [6.07, 6.45) is 4.30. The van der Waals surface area contributed by atoms with Gasteiger partial charge in [-0.15, -0.1) is 0 Å². The van der Waals surface area contributed by atoms with Gasteiger partial charge in [-0.2, -0.15) is 23.5 Å². The van der Waals surface area contributed by atoms with E-state index in [1.54, 1.807) is 0 Å². The molecule has 2 amide bonds. The Morgan fingerprint density at radius 2 is 1.11 bits per heavy atom. The second-order valence-electron chi connectivity index (χ2n) is 5.87. The van der Waals surface area contributed by atoms with E-state index in [0.717, 1.165) is 0 Å². The third-order valence-electron chi connectivity index (χ3n) is 3.84. The van der Waals surface area contributed by atoms with Crippen molar-refractivity contribution >= 4 is 47.3 Å². The Balaban J connectivity index is 2.75. The molecule has 0 bridgehead atoms. The minimum absolute atomic E-state index is 0.212. The van der Waals surface area contributed by atoms with Gasteiger partial charge in [0.05, 0.1) is 0 Å². The van der Waals surface area contributed by atoms with Gasteiger partial charge in [0.25, 0.3) is 11.8 Å². The smallest absolute Gasteiger partial charge is 0.326 e. The normalized spacial score (nSPS) is 12.6. The standard InChI is InChI=1S/C18H24N2O6S2/c1-27-9-7-13(17(23)24)19-15(21)11-3-5-12(6-4-11)16(22)20-14(18(25)26)8-10-28-2/h3-6,13-14H,7-10H2,1-2H3,(H,19,21)(H,20,22)(H,23,24)(H,25,26). The van der Waals surface area contributed by atoms with Crippen molar-refractivity contribution in [3.05, 3.63) is 35.4 Å². The Labute approximate surface area is 171 Å². The lowest BCUT2D eigenvalue weighted by atomic mass is 10.1. The van der Waals surface area contributed by atoms with Crippen molar-refractivity contribution in [1.82, 2.24) is 10.6 Å². The number of carboxylic acids is 2. The van der Waals surface area contributed by atoms with Crippen LogP contribution in [-0.4, -0.2) is 70.1 Å². The minimum atomic E-state index is -1.11. The second-order valence-corrected chi connectivity index (χ2v) is 7.84. The van der Waals surface area contributed by atoms with Crippen LogP contribution in [0.25, 0.3) is 0 Å². The maximum Gasteiger partial charge on any atom is 0.326 e. The molecule has 1 rings (SSSR count). The number of amides is 2. The summed E-state index contributed by atoms with van der Waals surface area (Å²) in [5.41, 5.74) is 0.424. The van der Waals surface area contributed by atoms with Crippen molar-refractivity contribution in [2.45, 2.75) is 24.9 Å². The van der Waals surface area contributed by atoms with Gasteiger partial charge in [-0.1, -0.05) is 0 Å². The third kappa shape index (κ3) is 7.81. The zero-order valence-corrected chi connectivity index (χ0v) is 17.3. The van der Waals surface area contributed by atoms with Gasteiger partial charge in [-0.05, 0) is 61.1 Å². The van der Waals surface area contributed by atoms with Crippen LogP contribution in [0.1, 0.15) is 33.6 Å². The Kier molecular flexibility index (Phi) is 10.5. The van der Waals surface area contributed by atoms with E-state index in [1.807, 2.05) is 12.5 Å². The molecular formula is C18H24N2O6S2. The fourth-order valence-electron chi connectivity index (χ4n) is 2.24. The van der Waals surface area contributed by atoms with Crippen molar-refractivity contribution in [3.8, 4) is 0 Å². The number of thioether (sulfide) groups is 2. The van der Waals surface area contributed by atoms with E-state index in [2.05, 4.69) is 10.6 Å². The van der Waals surface area contributed by atoms with Gasteiger partial charge in [-0.25, -0.2) is 9.59 Å². The SMILES string of the molecule is CSCCC(NC(=O)c1ccc(C(=O)NC(CCSC)C(=O)O)cc1)C(=O)O.